The third kappa shape index (κ3) is 2.21. The molecule has 0 N–H and O–H groups in total. The van der Waals surface area contributed by atoms with Gasteiger partial charge in [-0.15, -0.1) is 0 Å². The number of rotatable bonds is 1. The van der Waals surface area contributed by atoms with E-state index in [0.717, 1.165) is 6.42 Å². The summed E-state index contributed by atoms with van der Waals surface area (Å²) >= 11 is 0. The number of ether oxygens (including phenoxy) is 1. The van der Waals surface area contributed by atoms with E-state index in [9.17, 15) is 4.79 Å². The molecule has 1 fully saturated rings. The fourth-order valence-corrected chi connectivity index (χ4v) is 1.32. The summed E-state index contributed by atoms with van der Waals surface area (Å²) in [6, 6.07) is 0. The Hall–Kier alpha value is -0.570. The van der Waals surface area contributed by atoms with Gasteiger partial charge in [-0.05, 0) is 20.8 Å². The Labute approximate surface area is 73.7 Å². The molecule has 3 heteroatoms. The zero-order chi connectivity index (χ0) is 9.35. The van der Waals surface area contributed by atoms with Gasteiger partial charge in [-0.3, -0.25) is 4.79 Å². The zero-order valence-electron chi connectivity index (χ0n) is 8.26. The number of nitrogens with zero attached hydrogens (tertiary/aromatic N) is 1. The van der Waals surface area contributed by atoms with Crippen molar-refractivity contribution < 1.29 is 9.53 Å². The summed E-state index contributed by atoms with van der Waals surface area (Å²) in [4.78, 5) is 12.8. The van der Waals surface area contributed by atoms with Gasteiger partial charge in [-0.25, -0.2) is 0 Å². The molecular weight excluding hydrogens is 154 g/mol. The second-order valence-corrected chi connectivity index (χ2v) is 4.23. The minimum absolute atomic E-state index is 0.0162. The molecule has 1 rings (SSSR count). The fraction of sp³-hybridized carbons (Fsp3) is 0.889. The van der Waals surface area contributed by atoms with Crippen molar-refractivity contribution in [3.63, 3.8) is 0 Å². The summed E-state index contributed by atoms with van der Waals surface area (Å²) in [5.74, 6) is 0.184. The Kier molecular flexibility index (Phi) is 2.42. The summed E-state index contributed by atoms with van der Waals surface area (Å²) in [6.07, 6.45) is 1.43. The van der Waals surface area contributed by atoms with Crippen LogP contribution in [0.15, 0.2) is 0 Å². The van der Waals surface area contributed by atoms with Crippen molar-refractivity contribution >= 4 is 5.91 Å². The molecule has 1 amide bonds. The average Bonchev–Trinajstić information content (AvgIpc) is 2.16. The van der Waals surface area contributed by atoms with Crippen LogP contribution in [0.2, 0.25) is 0 Å². The van der Waals surface area contributed by atoms with E-state index in [-0.39, 0.29) is 17.7 Å². The second kappa shape index (κ2) is 3.05. The smallest absolute Gasteiger partial charge is 0.224 e. The standard InChI is InChI=1S/C9H17NO2/c1-9(2,3)12-8-6-5-7(11)10(8)4/h8H,5-6H2,1-4H3. The molecular formula is C9H17NO2. The van der Waals surface area contributed by atoms with Crippen LogP contribution in [-0.4, -0.2) is 29.7 Å². The molecule has 1 aliphatic rings. The summed E-state index contributed by atoms with van der Waals surface area (Å²) in [5.41, 5.74) is -0.163. The second-order valence-electron chi connectivity index (χ2n) is 4.23. The van der Waals surface area contributed by atoms with Crippen LogP contribution in [0, 0.1) is 0 Å². The Bertz CT molecular complexity index is 183. The monoisotopic (exact) mass is 171 g/mol. The van der Waals surface area contributed by atoms with Gasteiger partial charge >= 0.3 is 0 Å². The average molecular weight is 171 g/mol. The van der Waals surface area contributed by atoms with E-state index >= 15 is 0 Å². The maximum atomic E-state index is 11.1. The topological polar surface area (TPSA) is 29.5 Å². The minimum atomic E-state index is -0.163. The third-order valence-electron chi connectivity index (χ3n) is 1.92. The van der Waals surface area contributed by atoms with Gasteiger partial charge in [-0.2, -0.15) is 0 Å². The molecule has 70 valence electrons. The first-order valence-electron chi connectivity index (χ1n) is 4.33. The summed E-state index contributed by atoms with van der Waals surface area (Å²) < 4.78 is 5.69. The number of likely N-dealkylation sites (tertiary alicyclic amines) is 1. The lowest BCUT2D eigenvalue weighted by Crippen LogP contribution is -2.36. The van der Waals surface area contributed by atoms with E-state index in [1.54, 1.807) is 11.9 Å². The number of hydrogen-bond donors (Lipinski definition) is 0. The van der Waals surface area contributed by atoms with Gasteiger partial charge in [0.05, 0.1) is 5.60 Å². The molecule has 0 aromatic heterocycles. The summed E-state index contributed by atoms with van der Waals surface area (Å²) in [7, 11) is 1.80. The van der Waals surface area contributed by atoms with Gasteiger partial charge < -0.3 is 9.64 Å². The lowest BCUT2D eigenvalue weighted by Gasteiger charge is -2.28. The van der Waals surface area contributed by atoms with Crippen molar-refractivity contribution in [2.45, 2.75) is 45.4 Å². The van der Waals surface area contributed by atoms with Crippen LogP contribution in [0.25, 0.3) is 0 Å². The molecule has 1 unspecified atom stereocenters. The molecule has 0 aromatic carbocycles. The Balaban J connectivity index is 2.50. The first kappa shape index (κ1) is 9.52. The third-order valence-corrected chi connectivity index (χ3v) is 1.92. The van der Waals surface area contributed by atoms with Crippen LogP contribution in [0.5, 0.6) is 0 Å². The molecule has 0 bridgehead atoms. The predicted octanol–water partition coefficient (Wildman–Crippen LogP) is 1.38. The van der Waals surface area contributed by atoms with Crippen LogP contribution in [0.3, 0.4) is 0 Å². The molecule has 12 heavy (non-hydrogen) atoms. The highest BCUT2D eigenvalue weighted by atomic mass is 16.5. The van der Waals surface area contributed by atoms with Crippen molar-refractivity contribution in [2.75, 3.05) is 7.05 Å². The van der Waals surface area contributed by atoms with Gasteiger partial charge in [0, 0.05) is 19.9 Å². The molecule has 3 nitrogen and oxygen atoms in total. The molecule has 1 atom stereocenters. The molecule has 0 radical (unpaired) electrons. The highest BCUT2D eigenvalue weighted by molar-refractivity contribution is 5.78. The fourth-order valence-electron chi connectivity index (χ4n) is 1.32. The van der Waals surface area contributed by atoms with Crippen molar-refractivity contribution in [3.05, 3.63) is 0 Å². The number of hydrogen-bond acceptors (Lipinski definition) is 2. The minimum Gasteiger partial charge on any atom is -0.353 e. The Morgan fingerprint density at radius 2 is 2.08 bits per heavy atom. The number of amides is 1. The van der Waals surface area contributed by atoms with E-state index in [4.69, 9.17) is 4.74 Å². The van der Waals surface area contributed by atoms with Crippen LogP contribution in [-0.2, 0) is 9.53 Å². The van der Waals surface area contributed by atoms with Crippen LogP contribution in [0.1, 0.15) is 33.6 Å². The van der Waals surface area contributed by atoms with Gasteiger partial charge in [0.25, 0.3) is 0 Å². The number of carbonyl (C=O) groups excluding carboxylic acids is 1. The lowest BCUT2D eigenvalue weighted by molar-refractivity contribution is -0.144. The van der Waals surface area contributed by atoms with E-state index in [1.807, 2.05) is 20.8 Å². The van der Waals surface area contributed by atoms with E-state index in [2.05, 4.69) is 0 Å². The van der Waals surface area contributed by atoms with Crippen molar-refractivity contribution in [2.24, 2.45) is 0 Å². The summed E-state index contributed by atoms with van der Waals surface area (Å²) in [5, 5.41) is 0. The zero-order valence-corrected chi connectivity index (χ0v) is 8.26. The molecule has 1 saturated heterocycles. The predicted molar refractivity (Wildman–Crippen MR) is 46.6 cm³/mol. The van der Waals surface area contributed by atoms with Gasteiger partial charge in [0.2, 0.25) is 5.91 Å². The van der Waals surface area contributed by atoms with Crippen molar-refractivity contribution in [1.82, 2.24) is 4.90 Å². The maximum Gasteiger partial charge on any atom is 0.224 e. The van der Waals surface area contributed by atoms with Crippen LogP contribution >= 0.6 is 0 Å². The lowest BCUT2D eigenvalue weighted by atomic mass is 10.2. The Morgan fingerprint density at radius 1 is 1.50 bits per heavy atom. The summed E-state index contributed by atoms with van der Waals surface area (Å²) in [6.45, 7) is 6.01. The van der Waals surface area contributed by atoms with Crippen LogP contribution < -0.4 is 0 Å². The molecule has 0 spiro atoms. The maximum absolute atomic E-state index is 11.1. The van der Waals surface area contributed by atoms with Gasteiger partial charge in [0.1, 0.15) is 6.23 Å². The molecule has 0 aromatic rings. The molecule has 1 heterocycles. The van der Waals surface area contributed by atoms with E-state index < -0.39 is 0 Å². The van der Waals surface area contributed by atoms with Crippen LogP contribution in [0.4, 0.5) is 0 Å². The van der Waals surface area contributed by atoms with E-state index in [0.29, 0.717) is 6.42 Å². The first-order chi connectivity index (χ1) is 5.40. The highest BCUT2D eigenvalue weighted by Gasteiger charge is 2.31. The van der Waals surface area contributed by atoms with Crippen molar-refractivity contribution in [1.29, 1.82) is 0 Å². The first-order valence-corrected chi connectivity index (χ1v) is 4.33. The molecule has 1 aliphatic heterocycles. The molecule has 0 aliphatic carbocycles. The normalized spacial score (nSPS) is 25.2. The van der Waals surface area contributed by atoms with Gasteiger partial charge in [-0.1, -0.05) is 0 Å². The SMILES string of the molecule is CN1C(=O)CCC1OC(C)(C)C. The van der Waals surface area contributed by atoms with E-state index in [1.165, 1.54) is 0 Å². The van der Waals surface area contributed by atoms with Crippen molar-refractivity contribution in [3.8, 4) is 0 Å². The largest absolute Gasteiger partial charge is 0.353 e. The quantitative estimate of drug-likeness (QED) is 0.596. The highest BCUT2D eigenvalue weighted by Crippen LogP contribution is 2.22. The Morgan fingerprint density at radius 3 is 2.42 bits per heavy atom. The number of carbonyl (C=O) groups is 1. The molecule has 0 saturated carbocycles. The van der Waals surface area contributed by atoms with Gasteiger partial charge in [0.15, 0.2) is 0 Å².